The molecule has 1 amide bonds. The minimum Gasteiger partial charge on any atom is -0.478 e. The number of carboxylic acids is 1. The van der Waals surface area contributed by atoms with Crippen LogP contribution in [0.5, 0.6) is 0 Å². The summed E-state index contributed by atoms with van der Waals surface area (Å²) in [5.74, 6) is -0.399. The first-order valence-electron chi connectivity index (χ1n) is 4.32. The lowest BCUT2D eigenvalue weighted by molar-refractivity contribution is -0.114. The van der Waals surface area contributed by atoms with E-state index in [4.69, 9.17) is 5.11 Å². The van der Waals surface area contributed by atoms with Crippen LogP contribution in [-0.4, -0.2) is 22.7 Å². The summed E-state index contributed by atoms with van der Waals surface area (Å²) in [6.45, 7) is 3.35. The van der Waals surface area contributed by atoms with Crippen LogP contribution in [0.25, 0.3) is 0 Å². The predicted octanol–water partition coefficient (Wildman–Crippen LogP) is 2.52. The Morgan fingerprint density at radius 1 is 1.60 bits per heavy atom. The van der Waals surface area contributed by atoms with E-state index in [1.54, 1.807) is 17.8 Å². The van der Waals surface area contributed by atoms with Crippen molar-refractivity contribution < 1.29 is 14.7 Å². The summed E-state index contributed by atoms with van der Waals surface area (Å²) in [7, 11) is 0. The maximum absolute atomic E-state index is 10.9. The Morgan fingerprint density at radius 3 is 2.73 bits per heavy atom. The highest BCUT2D eigenvalue weighted by atomic mass is 32.2. The van der Waals surface area contributed by atoms with Gasteiger partial charge in [0.15, 0.2) is 0 Å². The van der Waals surface area contributed by atoms with Crippen molar-refractivity contribution in [3.05, 3.63) is 11.6 Å². The molecule has 0 aliphatic carbocycles. The van der Waals surface area contributed by atoms with Crippen LogP contribution in [0, 0.1) is 0 Å². The Bertz CT molecular complexity index is 387. The Balaban J connectivity index is 3.00. The third-order valence-electron chi connectivity index (χ3n) is 1.52. The molecule has 0 atom stereocenters. The molecule has 0 spiro atoms. The number of nitrogens with one attached hydrogen (secondary N) is 1. The van der Waals surface area contributed by atoms with Gasteiger partial charge in [-0.15, -0.1) is 23.1 Å². The predicted molar refractivity (Wildman–Crippen MR) is 62.0 cm³/mol. The zero-order chi connectivity index (χ0) is 11.4. The third-order valence-corrected chi connectivity index (χ3v) is 3.66. The summed E-state index contributed by atoms with van der Waals surface area (Å²) in [6, 6.07) is 1.59. The summed E-state index contributed by atoms with van der Waals surface area (Å²) in [4.78, 5) is 21.7. The lowest BCUT2D eigenvalue weighted by atomic mass is 10.3. The van der Waals surface area contributed by atoms with Gasteiger partial charge in [0.25, 0.3) is 0 Å². The Hall–Kier alpha value is -1.01. The summed E-state index contributed by atoms with van der Waals surface area (Å²) in [5, 5.41) is 11.8. The van der Waals surface area contributed by atoms with Crippen LogP contribution in [0.3, 0.4) is 0 Å². The first kappa shape index (κ1) is 12.1. The van der Waals surface area contributed by atoms with Crippen LogP contribution in [0.2, 0.25) is 0 Å². The van der Waals surface area contributed by atoms with Crippen LogP contribution in [0.4, 0.5) is 5.00 Å². The van der Waals surface area contributed by atoms with Crippen LogP contribution in [0.1, 0.15) is 24.2 Å². The van der Waals surface area contributed by atoms with Crippen molar-refractivity contribution in [1.82, 2.24) is 0 Å². The van der Waals surface area contributed by atoms with E-state index < -0.39 is 5.97 Å². The number of amides is 1. The van der Waals surface area contributed by atoms with Gasteiger partial charge in [-0.3, -0.25) is 4.79 Å². The molecule has 0 aliphatic rings. The van der Waals surface area contributed by atoms with E-state index in [-0.39, 0.29) is 11.5 Å². The summed E-state index contributed by atoms with van der Waals surface area (Å²) >= 11 is 2.85. The SMILES string of the molecule is CCSc1cc(C(=O)O)c(NC(C)=O)s1. The average molecular weight is 245 g/mol. The molecule has 82 valence electrons. The van der Waals surface area contributed by atoms with Gasteiger partial charge in [-0.25, -0.2) is 4.79 Å². The lowest BCUT2D eigenvalue weighted by Crippen LogP contribution is -2.07. The molecule has 0 bridgehead atoms. The second kappa shape index (κ2) is 5.18. The Morgan fingerprint density at radius 2 is 2.27 bits per heavy atom. The molecule has 15 heavy (non-hydrogen) atoms. The molecule has 4 nitrogen and oxygen atoms in total. The van der Waals surface area contributed by atoms with E-state index in [2.05, 4.69) is 5.32 Å². The first-order chi connectivity index (χ1) is 7.04. The van der Waals surface area contributed by atoms with Crippen molar-refractivity contribution in [2.75, 3.05) is 11.1 Å². The van der Waals surface area contributed by atoms with Crippen LogP contribution >= 0.6 is 23.1 Å². The largest absolute Gasteiger partial charge is 0.478 e. The number of carbonyl (C=O) groups excluding carboxylic acids is 1. The molecule has 0 unspecified atom stereocenters. The smallest absolute Gasteiger partial charge is 0.338 e. The zero-order valence-corrected chi connectivity index (χ0v) is 10.00. The highest BCUT2D eigenvalue weighted by molar-refractivity contribution is 8.01. The van der Waals surface area contributed by atoms with Crippen molar-refractivity contribution in [2.24, 2.45) is 0 Å². The lowest BCUT2D eigenvalue weighted by Gasteiger charge is -1.98. The van der Waals surface area contributed by atoms with Gasteiger partial charge in [0.1, 0.15) is 5.00 Å². The monoisotopic (exact) mass is 245 g/mol. The maximum atomic E-state index is 10.9. The number of thioether (sulfide) groups is 1. The fourth-order valence-corrected chi connectivity index (χ4v) is 3.15. The molecule has 1 aromatic heterocycles. The average Bonchev–Trinajstić information content (AvgIpc) is 2.47. The third kappa shape index (κ3) is 3.24. The van der Waals surface area contributed by atoms with E-state index in [0.29, 0.717) is 5.00 Å². The molecule has 1 heterocycles. The van der Waals surface area contributed by atoms with Gasteiger partial charge >= 0.3 is 5.97 Å². The second-order valence-electron chi connectivity index (χ2n) is 2.73. The van der Waals surface area contributed by atoms with E-state index >= 15 is 0 Å². The minimum absolute atomic E-state index is 0.158. The van der Waals surface area contributed by atoms with E-state index in [9.17, 15) is 9.59 Å². The number of carbonyl (C=O) groups is 2. The number of anilines is 1. The van der Waals surface area contributed by atoms with Crippen molar-refractivity contribution >= 4 is 40.0 Å². The molecule has 1 aromatic rings. The molecule has 0 saturated heterocycles. The normalized spacial score (nSPS) is 10.0. The molecule has 0 aromatic carbocycles. The van der Waals surface area contributed by atoms with Gasteiger partial charge in [0.2, 0.25) is 5.91 Å². The Kier molecular flexibility index (Phi) is 4.16. The summed E-state index contributed by atoms with van der Waals surface area (Å²) in [6.07, 6.45) is 0. The van der Waals surface area contributed by atoms with Gasteiger partial charge in [-0.2, -0.15) is 0 Å². The highest BCUT2D eigenvalue weighted by Gasteiger charge is 2.15. The van der Waals surface area contributed by atoms with E-state index in [1.165, 1.54) is 18.3 Å². The van der Waals surface area contributed by atoms with Gasteiger partial charge < -0.3 is 10.4 Å². The molecule has 2 N–H and O–H groups in total. The standard InChI is InChI=1S/C9H11NO3S2/c1-3-14-7-4-6(9(12)13)8(15-7)10-5(2)11/h4H,3H2,1-2H3,(H,10,11)(H,12,13). The molecule has 0 aliphatic heterocycles. The molecular weight excluding hydrogens is 234 g/mol. The van der Waals surface area contributed by atoms with E-state index in [1.807, 2.05) is 6.92 Å². The number of aromatic carboxylic acids is 1. The molecule has 1 rings (SSSR count). The molecule has 0 radical (unpaired) electrons. The fraction of sp³-hybridized carbons (Fsp3) is 0.333. The van der Waals surface area contributed by atoms with Crippen molar-refractivity contribution in [2.45, 2.75) is 18.1 Å². The molecule has 0 saturated carbocycles. The van der Waals surface area contributed by atoms with Gasteiger partial charge in [0, 0.05) is 6.92 Å². The number of thiophene rings is 1. The quantitative estimate of drug-likeness (QED) is 0.800. The second-order valence-corrected chi connectivity index (χ2v) is 5.34. The number of carboxylic acid groups (broad SMARTS) is 1. The summed E-state index contributed by atoms with van der Waals surface area (Å²) in [5.41, 5.74) is 0.158. The van der Waals surface area contributed by atoms with E-state index in [0.717, 1.165) is 9.96 Å². The topological polar surface area (TPSA) is 66.4 Å². The van der Waals surface area contributed by atoms with Crippen molar-refractivity contribution in [3.8, 4) is 0 Å². The number of hydrogen-bond acceptors (Lipinski definition) is 4. The van der Waals surface area contributed by atoms with Crippen molar-refractivity contribution in [1.29, 1.82) is 0 Å². The zero-order valence-electron chi connectivity index (χ0n) is 8.36. The summed E-state index contributed by atoms with van der Waals surface area (Å²) < 4.78 is 0.902. The van der Waals surface area contributed by atoms with Crippen LogP contribution in [0.15, 0.2) is 10.3 Å². The number of hydrogen-bond donors (Lipinski definition) is 2. The molecule has 6 heteroatoms. The molecular formula is C9H11NO3S2. The van der Waals surface area contributed by atoms with Crippen LogP contribution in [-0.2, 0) is 4.79 Å². The fourth-order valence-electron chi connectivity index (χ4n) is 0.993. The maximum Gasteiger partial charge on any atom is 0.338 e. The molecule has 0 fully saturated rings. The van der Waals surface area contributed by atoms with Gasteiger partial charge in [0.05, 0.1) is 9.77 Å². The minimum atomic E-state index is -1.02. The first-order valence-corrected chi connectivity index (χ1v) is 6.12. The van der Waals surface area contributed by atoms with Gasteiger partial charge in [-0.05, 0) is 11.8 Å². The van der Waals surface area contributed by atoms with Gasteiger partial charge in [-0.1, -0.05) is 6.92 Å². The van der Waals surface area contributed by atoms with Crippen molar-refractivity contribution in [3.63, 3.8) is 0 Å². The van der Waals surface area contributed by atoms with Crippen LogP contribution < -0.4 is 5.32 Å². The highest BCUT2D eigenvalue weighted by Crippen LogP contribution is 2.34. The number of rotatable bonds is 4. The Labute approximate surface area is 95.7 Å².